The molecule has 3 nitrogen and oxygen atoms in total. The van der Waals surface area contributed by atoms with Crippen molar-refractivity contribution < 1.29 is 4.79 Å². The first-order chi connectivity index (χ1) is 5.18. The molecule has 0 aliphatic carbocycles. The highest BCUT2D eigenvalue weighted by molar-refractivity contribution is 5.75. The van der Waals surface area contributed by atoms with Crippen molar-refractivity contribution in [1.29, 1.82) is 0 Å². The maximum absolute atomic E-state index is 10.3. The molecule has 3 N–H and O–H groups in total. The second-order valence-corrected chi connectivity index (χ2v) is 2.34. The van der Waals surface area contributed by atoms with Gasteiger partial charge in [0.2, 0.25) is 5.91 Å². The van der Waals surface area contributed by atoms with E-state index in [1.807, 2.05) is 0 Å². The number of nitrogen functional groups attached to an aromatic ring is 1. The molecule has 0 atom stereocenters. The van der Waals surface area contributed by atoms with Gasteiger partial charge in [-0.25, -0.2) is 0 Å². The van der Waals surface area contributed by atoms with Crippen LogP contribution in [0.3, 0.4) is 0 Å². The molecule has 0 saturated carbocycles. The standard InChI is InChI=1S/C8H9N2O/c9-7-3-1-6(2-4-7)5-8(10)11/h1-4,10H,5,9H2. The summed E-state index contributed by atoms with van der Waals surface area (Å²) in [6, 6.07) is 6.94. The smallest absolute Gasteiger partial charge is 0.242 e. The Morgan fingerprint density at radius 3 is 2.36 bits per heavy atom. The third-order valence-electron chi connectivity index (χ3n) is 1.34. The van der Waals surface area contributed by atoms with Crippen LogP contribution >= 0.6 is 0 Å². The minimum Gasteiger partial charge on any atom is -0.399 e. The zero-order valence-corrected chi connectivity index (χ0v) is 6.00. The Kier molecular flexibility index (Phi) is 2.11. The van der Waals surface area contributed by atoms with Crippen LogP contribution in [0.15, 0.2) is 24.3 Å². The van der Waals surface area contributed by atoms with Gasteiger partial charge < -0.3 is 5.73 Å². The number of nitrogens with one attached hydrogen (secondary N) is 1. The monoisotopic (exact) mass is 149 g/mol. The molecule has 0 spiro atoms. The summed E-state index contributed by atoms with van der Waals surface area (Å²) in [5.74, 6) is -0.574. The van der Waals surface area contributed by atoms with Crippen molar-refractivity contribution in [3.63, 3.8) is 0 Å². The summed E-state index contributed by atoms with van der Waals surface area (Å²) in [4.78, 5) is 10.3. The zero-order valence-electron chi connectivity index (χ0n) is 6.00. The van der Waals surface area contributed by atoms with E-state index in [2.05, 4.69) is 0 Å². The number of anilines is 1. The van der Waals surface area contributed by atoms with Gasteiger partial charge in [0.05, 0.1) is 6.42 Å². The number of amides is 1. The van der Waals surface area contributed by atoms with Crippen LogP contribution in [0, 0.1) is 0 Å². The van der Waals surface area contributed by atoms with E-state index >= 15 is 0 Å². The van der Waals surface area contributed by atoms with E-state index in [0.717, 1.165) is 5.56 Å². The second kappa shape index (κ2) is 3.05. The lowest BCUT2D eigenvalue weighted by atomic mass is 10.1. The van der Waals surface area contributed by atoms with Gasteiger partial charge in [0.25, 0.3) is 0 Å². The van der Waals surface area contributed by atoms with E-state index < -0.39 is 5.91 Å². The van der Waals surface area contributed by atoms with Crippen molar-refractivity contribution in [1.82, 2.24) is 5.73 Å². The Hall–Kier alpha value is -1.51. The van der Waals surface area contributed by atoms with E-state index in [1.165, 1.54) is 0 Å². The lowest BCUT2D eigenvalue weighted by Gasteiger charge is -1.96. The van der Waals surface area contributed by atoms with E-state index in [1.54, 1.807) is 24.3 Å². The lowest BCUT2D eigenvalue weighted by Crippen LogP contribution is -2.02. The molecule has 1 rings (SSSR count). The molecule has 0 aromatic heterocycles. The van der Waals surface area contributed by atoms with Crippen LogP contribution in [-0.2, 0) is 11.2 Å². The van der Waals surface area contributed by atoms with Crippen molar-refractivity contribution in [2.75, 3.05) is 5.73 Å². The third kappa shape index (κ3) is 2.29. The van der Waals surface area contributed by atoms with Crippen molar-refractivity contribution in [3.8, 4) is 0 Å². The predicted molar refractivity (Wildman–Crippen MR) is 42.7 cm³/mol. The number of hydrogen-bond acceptors (Lipinski definition) is 2. The van der Waals surface area contributed by atoms with Crippen LogP contribution in [0.5, 0.6) is 0 Å². The van der Waals surface area contributed by atoms with Gasteiger partial charge in [-0.1, -0.05) is 12.1 Å². The molecule has 0 unspecified atom stereocenters. The first kappa shape index (κ1) is 7.60. The maximum atomic E-state index is 10.3. The topological polar surface area (TPSA) is 66.9 Å². The molecule has 0 fully saturated rings. The van der Waals surface area contributed by atoms with Gasteiger partial charge in [0, 0.05) is 5.69 Å². The molecule has 0 aliphatic heterocycles. The average molecular weight is 149 g/mol. The average Bonchev–Trinajstić information content (AvgIpc) is 1.93. The molecule has 1 aromatic carbocycles. The summed E-state index contributed by atoms with van der Waals surface area (Å²) in [5.41, 5.74) is 13.6. The van der Waals surface area contributed by atoms with E-state index in [0.29, 0.717) is 5.69 Å². The number of nitrogens with two attached hydrogens (primary N) is 1. The van der Waals surface area contributed by atoms with Gasteiger partial charge in [-0.05, 0) is 17.7 Å². The summed E-state index contributed by atoms with van der Waals surface area (Å²) in [6.45, 7) is 0. The van der Waals surface area contributed by atoms with Crippen LogP contribution in [0.1, 0.15) is 5.56 Å². The first-order valence-corrected chi connectivity index (χ1v) is 3.27. The number of carbonyl (C=O) groups excluding carboxylic acids is 1. The number of hydrogen-bond donors (Lipinski definition) is 1. The molecule has 0 heterocycles. The van der Waals surface area contributed by atoms with E-state index in [4.69, 9.17) is 11.5 Å². The molecule has 0 bridgehead atoms. The largest absolute Gasteiger partial charge is 0.399 e. The molecule has 1 amide bonds. The minimum absolute atomic E-state index is 0.167. The lowest BCUT2D eigenvalue weighted by molar-refractivity contribution is -0.118. The Labute approximate surface area is 65.0 Å². The molecule has 3 heteroatoms. The van der Waals surface area contributed by atoms with Crippen LogP contribution in [0.2, 0.25) is 0 Å². The molecule has 0 aliphatic rings. The second-order valence-electron chi connectivity index (χ2n) is 2.34. The third-order valence-corrected chi connectivity index (χ3v) is 1.34. The Morgan fingerprint density at radius 1 is 1.36 bits per heavy atom. The normalized spacial score (nSPS) is 9.45. The summed E-state index contributed by atoms with van der Waals surface area (Å²) < 4.78 is 0. The van der Waals surface area contributed by atoms with Gasteiger partial charge in [-0.3, -0.25) is 10.5 Å². The van der Waals surface area contributed by atoms with Crippen molar-refractivity contribution >= 4 is 11.6 Å². The van der Waals surface area contributed by atoms with E-state index in [-0.39, 0.29) is 6.42 Å². The fraction of sp³-hybridized carbons (Fsp3) is 0.125. The molecule has 0 saturated heterocycles. The molecule has 11 heavy (non-hydrogen) atoms. The zero-order chi connectivity index (χ0) is 8.27. The summed E-state index contributed by atoms with van der Waals surface area (Å²) in [6.07, 6.45) is 0.167. The summed E-state index contributed by atoms with van der Waals surface area (Å²) in [5, 5.41) is 0. The van der Waals surface area contributed by atoms with E-state index in [9.17, 15) is 4.79 Å². The first-order valence-electron chi connectivity index (χ1n) is 3.27. The van der Waals surface area contributed by atoms with Crippen LogP contribution < -0.4 is 11.5 Å². The highest BCUT2D eigenvalue weighted by Gasteiger charge is 1.96. The molecular formula is C8H9N2O. The quantitative estimate of drug-likeness (QED) is 0.626. The Balaban J connectivity index is 2.74. The van der Waals surface area contributed by atoms with Crippen molar-refractivity contribution in [3.05, 3.63) is 29.8 Å². The predicted octanol–water partition coefficient (Wildman–Crippen LogP) is 0.621. The molecule has 1 radical (unpaired) electrons. The number of carbonyl (C=O) groups is 1. The van der Waals surface area contributed by atoms with Gasteiger partial charge in [-0.2, -0.15) is 0 Å². The van der Waals surface area contributed by atoms with Crippen LogP contribution in [0.25, 0.3) is 0 Å². The van der Waals surface area contributed by atoms with Crippen LogP contribution in [0.4, 0.5) is 5.69 Å². The van der Waals surface area contributed by atoms with Gasteiger partial charge in [0.1, 0.15) is 0 Å². The van der Waals surface area contributed by atoms with Gasteiger partial charge >= 0.3 is 0 Å². The summed E-state index contributed by atoms with van der Waals surface area (Å²) >= 11 is 0. The minimum atomic E-state index is -0.574. The summed E-state index contributed by atoms with van der Waals surface area (Å²) in [7, 11) is 0. The van der Waals surface area contributed by atoms with Crippen LogP contribution in [-0.4, -0.2) is 5.91 Å². The molecular weight excluding hydrogens is 140 g/mol. The SMILES string of the molecule is [NH]C(=O)Cc1ccc(N)cc1. The van der Waals surface area contributed by atoms with Crippen molar-refractivity contribution in [2.45, 2.75) is 6.42 Å². The fourth-order valence-electron chi connectivity index (χ4n) is 0.821. The molecule has 1 aromatic rings. The highest BCUT2D eigenvalue weighted by atomic mass is 16.1. The van der Waals surface area contributed by atoms with Gasteiger partial charge in [0.15, 0.2) is 0 Å². The fourth-order valence-corrected chi connectivity index (χ4v) is 0.821. The van der Waals surface area contributed by atoms with Gasteiger partial charge in [-0.15, -0.1) is 0 Å². The molecule has 57 valence electrons. The van der Waals surface area contributed by atoms with Crippen molar-refractivity contribution in [2.24, 2.45) is 0 Å². The Morgan fingerprint density at radius 2 is 1.91 bits per heavy atom. The Bertz CT molecular complexity index is 253. The highest BCUT2D eigenvalue weighted by Crippen LogP contribution is 2.05. The maximum Gasteiger partial charge on any atom is 0.242 e. The number of rotatable bonds is 2. The number of benzene rings is 1.